The van der Waals surface area contributed by atoms with Crippen LogP contribution in [0.25, 0.3) is 0 Å². The summed E-state index contributed by atoms with van der Waals surface area (Å²) in [5.74, 6) is -1.61. The second-order valence-electron chi connectivity index (χ2n) is 6.88. The van der Waals surface area contributed by atoms with Gasteiger partial charge in [0, 0.05) is 29.6 Å². The molecule has 2 atom stereocenters. The number of hydrogen-bond donors (Lipinski definition) is 2. The van der Waals surface area contributed by atoms with Crippen molar-refractivity contribution in [3.05, 3.63) is 63.4 Å². The summed E-state index contributed by atoms with van der Waals surface area (Å²) in [6.07, 6.45) is 0.614. The topological polar surface area (TPSA) is 105 Å². The number of carbonyl (C=O) groups is 2. The van der Waals surface area contributed by atoms with Crippen LogP contribution in [0.2, 0.25) is 5.02 Å². The molecule has 3 N–H and O–H groups in total. The van der Waals surface area contributed by atoms with Gasteiger partial charge in [-0.3, -0.25) is 9.59 Å². The molecule has 8 heteroatoms. The average Bonchev–Trinajstić information content (AvgIpc) is 2.71. The normalized spacial score (nSPS) is 12.7. The lowest BCUT2D eigenvalue weighted by atomic mass is 9.95. The Kier molecular flexibility index (Phi) is 7.93. The van der Waals surface area contributed by atoms with Crippen LogP contribution in [0.5, 0.6) is 5.75 Å². The maximum absolute atomic E-state index is 15.4. The molecule has 2 aromatic rings. The first-order valence-corrected chi connectivity index (χ1v) is 9.76. The summed E-state index contributed by atoms with van der Waals surface area (Å²) in [6.45, 7) is 3.63. The van der Waals surface area contributed by atoms with Crippen molar-refractivity contribution in [1.29, 1.82) is 5.26 Å². The van der Waals surface area contributed by atoms with Crippen LogP contribution in [0.15, 0.2) is 30.3 Å². The van der Waals surface area contributed by atoms with Crippen molar-refractivity contribution in [2.75, 3.05) is 7.11 Å². The highest BCUT2D eigenvalue weighted by atomic mass is 35.5. The molecule has 6 nitrogen and oxygen atoms in total. The Hall–Kier alpha value is -2.95. The maximum atomic E-state index is 15.4. The fourth-order valence-electron chi connectivity index (χ4n) is 3.25. The molecule has 0 fully saturated rings. The predicted molar refractivity (Wildman–Crippen MR) is 112 cm³/mol. The van der Waals surface area contributed by atoms with Gasteiger partial charge in [-0.2, -0.15) is 5.26 Å². The van der Waals surface area contributed by atoms with Gasteiger partial charge >= 0.3 is 0 Å². The smallest absolute Gasteiger partial charge is 0.218 e. The number of nitrogens with zero attached hydrogens (tertiary/aromatic N) is 1. The van der Waals surface area contributed by atoms with Gasteiger partial charge in [-0.1, -0.05) is 24.6 Å². The van der Waals surface area contributed by atoms with Crippen molar-refractivity contribution in [2.45, 2.75) is 38.8 Å². The third-order valence-electron chi connectivity index (χ3n) is 4.71. The third kappa shape index (κ3) is 5.15. The minimum Gasteiger partial charge on any atom is -0.495 e. The number of rotatable bonds is 9. The van der Waals surface area contributed by atoms with Crippen molar-refractivity contribution in [3.8, 4) is 11.8 Å². The first kappa shape index (κ1) is 23.3. The zero-order valence-electron chi connectivity index (χ0n) is 17.0. The minimum absolute atomic E-state index is 0.0235. The molecule has 0 saturated heterocycles. The number of ketones is 1. The molecule has 2 aromatic carbocycles. The van der Waals surface area contributed by atoms with Crippen LogP contribution in [0, 0.1) is 17.1 Å². The van der Waals surface area contributed by atoms with Gasteiger partial charge in [0.15, 0.2) is 5.78 Å². The fraction of sp³-hybridized carbons (Fsp3) is 0.318. The van der Waals surface area contributed by atoms with Crippen LogP contribution in [-0.4, -0.2) is 24.8 Å². The standard InChI is InChI=1S/C22H23ClFN3O3/c1-4-17(27-12(2)9-19(26)28)15-7-8-16(23)20(21(15)24)22(29)13-5-6-14(11-25)18(10-13)30-3/h5-8,10,12,17,27H,4,9H2,1-3H3,(H2,26,28). The lowest BCUT2D eigenvalue weighted by Crippen LogP contribution is -2.34. The zero-order valence-corrected chi connectivity index (χ0v) is 17.7. The summed E-state index contributed by atoms with van der Waals surface area (Å²) < 4.78 is 20.6. The van der Waals surface area contributed by atoms with Gasteiger partial charge in [-0.05, 0) is 37.6 Å². The van der Waals surface area contributed by atoms with Gasteiger partial charge in [0.1, 0.15) is 17.6 Å². The van der Waals surface area contributed by atoms with Crippen molar-refractivity contribution in [2.24, 2.45) is 5.73 Å². The lowest BCUT2D eigenvalue weighted by Gasteiger charge is -2.23. The Labute approximate surface area is 179 Å². The van der Waals surface area contributed by atoms with E-state index in [2.05, 4.69) is 5.32 Å². The molecule has 158 valence electrons. The average molecular weight is 432 g/mol. The molecular formula is C22H23ClFN3O3. The Morgan fingerprint density at radius 1 is 1.33 bits per heavy atom. The highest BCUT2D eigenvalue weighted by Crippen LogP contribution is 2.31. The van der Waals surface area contributed by atoms with Crippen LogP contribution >= 0.6 is 11.6 Å². The molecule has 1 amide bonds. The molecule has 0 spiro atoms. The summed E-state index contributed by atoms with van der Waals surface area (Å²) in [6, 6.07) is 8.47. The van der Waals surface area contributed by atoms with Crippen LogP contribution in [0.3, 0.4) is 0 Å². The van der Waals surface area contributed by atoms with Gasteiger partial charge in [0.25, 0.3) is 0 Å². The van der Waals surface area contributed by atoms with E-state index in [0.29, 0.717) is 6.42 Å². The molecule has 0 aromatic heterocycles. The SMILES string of the molecule is CCC(NC(C)CC(N)=O)c1ccc(Cl)c(C(=O)c2ccc(C#N)c(OC)c2)c1F. The van der Waals surface area contributed by atoms with E-state index in [4.69, 9.17) is 27.3 Å². The number of nitriles is 1. The number of methoxy groups -OCH3 is 1. The van der Waals surface area contributed by atoms with Crippen LogP contribution in [-0.2, 0) is 4.79 Å². The number of amides is 1. The van der Waals surface area contributed by atoms with Crippen molar-refractivity contribution < 1.29 is 18.7 Å². The summed E-state index contributed by atoms with van der Waals surface area (Å²) in [5, 5.41) is 12.2. The van der Waals surface area contributed by atoms with Crippen molar-refractivity contribution >= 4 is 23.3 Å². The van der Waals surface area contributed by atoms with E-state index in [0.717, 1.165) is 0 Å². The van der Waals surface area contributed by atoms with Crippen LogP contribution < -0.4 is 15.8 Å². The first-order valence-electron chi connectivity index (χ1n) is 9.38. The number of benzene rings is 2. The summed E-state index contributed by atoms with van der Waals surface area (Å²) >= 11 is 6.17. The second-order valence-corrected chi connectivity index (χ2v) is 7.29. The number of primary amides is 1. The number of ether oxygens (including phenoxy) is 1. The number of carbonyl (C=O) groups excluding carboxylic acids is 2. The summed E-state index contributed by atoms with van der Waals surface area (Å²) in [5.41, 5.74) is 5.63. The minimum atomic E-state index is -0.735. The number of nitrogens with one attached hydrogen (secondary N) is 1. The van der Waals surface area contributed by atoms with E-state index in [1.807, 2.05) is 13.0 Å². The van der Waals surface area contributed by atoms with Crippen molar-refractivity contribution in [3.63, 3.8) is 0 Å². The molecule has 0 radical (unpaired) electrons. The Morgan fingerprint density at radius 3 is 2.60 bits per heavy atom. The molecule has 0 heterocycles. The Balaban J connectivity index is 2.46. The van der Waals surface area contributed by atoms with E-state index in [9.17, 15) is 9.59 Å². The zero-order chi connectivity index (χ0) is 22.4. The molecule has 0 aliphatic heterocycles. The summed E-state index contributed by atoms with van der Waals surface area (Å²) in [4.78, 5) is 24.2. The molecule has 0 saturated carbocycles. The number of nitrogens with two attached hydrogens (primary N) is 1. The molecule has 0 aliphatic rings. The van der Waals surface area contributed by atoms with Gasteiger partial charge in [0.2, 0.25) is 5.91 Å². The van der Waals surface area contributed by atoms with Gasteiger partial charge in [0.05, 0.1) is 23.3 Å². The molecule has 2 rings (SSSR count). The summed E-state index contributed by atoms with van der Waals surface area (Å²) in [7, 11) is 1.38. The first-order chi connectivity index (χ1) is 14.2. The largest absolute Gasteiger partial charge is 0.495 e. The molecular weight excluding hydrogens is 409 g/mol. The van der Waals surface area contributed by atoms with E-state index >= 15 is 4.39 Å². The fourth-order valence-corrected chi connectivity index (χ4v) is 3.48. The predicted octanol–water partition coefficient (Wildman–Crippen LogP) is 3.89. The Morgan fingerprint density at radius 2 is 2.03 bits per heavy atom. The van der Waals surface area contributed by atoms with Gasteiger partial charge in [-0.25, -0.2) is 4.39 Å². The highest BCUT2D eigenvalue weighted by molar-refractivity contribution is 6.35. The van der Waals surface area contributed by atoms with E-state index in [-0.39, 0.29) is 45.5 Å². The monoisotopic (exact) mass is 431 g/mol. The highest BCUT2D eigenvalue weighted by Gasteiger charge is 2.25. The van der Waals surface area contributed by atoms with E-state index in [1.54, 1.807) is 6.92 Å². The molecule has 0 aliphatic carbocycles. The molecule has 2 unspecified atom stereocenters. The van der Waals surface area contributed by atoms with E-state index in [1.165, 1.54) is 37.4 Å². The molecule has 0 bridgehead atoms. The molecule has 30 heavy (non-hydrogen) atoms. The number of halogens is 2. The lowest BCUT2D eigenvalue weighted by molar-refractivity contribution is -0.118. The van der Waals surface area contributed by atoms with Gasteiger partial charge < -0.3 is 15.8 Å². The van der Waals surface area contributed by atoms with E-state index < -0.39 is 23.5 Å². The Bertz CT molecular complexity index is 1000. The quantitative estimate of drug-likeness (QED) is 0.586. The van der Waals surface area contributed by atoms with Crippen LogP contribution in [0.1, 0.15) is 59.8 Å². The number of hydrogen-bond acceptors (Lipinski definition) is 5. The van der Waals surface area contributed by atoms with Gasteiger partial charge in [-0.15, -0.1) is 0 Å². The second kappa shape index (κ2) is 10.2. The van der Waals surface area contributed by atoms with Crippen molar-refractivity contribution in [1.82, 2.24) is 5.32 Å². The third-order valence-corrected chi connectivity index (χ3v) is 5.02. The maximum Gasteiger partial charge on any atom is 0.218 e. The van der Waals surface area contributed by atoms with Crippen LogP contribution in [0.4, 0.5) is 4.39 Å².